The molecule has 0 atom stereocenters. The van der Waals surface area contributed by atoms with E-state index in [1.54, 1.807) is 12.4 Å². The molecule has 0 saturated carbocycles. The summed E-state index contributed by atoms with van der Waals surface area (Å²) in [5, 5.41) is 7.21. The fraction of sp³-hybridized carbons (Fsp3) is 0.333. The van der Waals surface area contributed by atoms with Gasteiger partial charge in [0.05, 0.1) is 24.2 Å². The summed E-state index contributed by atoms with van der Waals surface area (Å²) in [6.45, 7) is 7.99. The van der Waals surface area contributed by atoms with Crippen molar-refractivity contribution in [2.75, 3.05) is 5.32 Å². The molecule has 7 heteroatoms. The second-order valence-electron chi connectivity index (χ2n) is 7.33. The van der Waals surface area contributed by atoms with E-state index < -0.39 is 0 Å². The summed E-state index contributed by atoms with van der Waals surface area (Å²) in [5.41, 5.74) is 5.08. The van der Waals surface area contributed by atoms with Gasteiger partial charge in [0.1, 0.15) is 0 Å². The topological polar surface area (TPSA) is 86.0 Å². The molecule has 4 rings (SSSR count). The van der Waals surface area contributed by atoms with Gasteiger partial charge in [-0.3, -0.25) is 4.98 Å². The van der Waals surface area contributed by atoms with Crippen LogP contribution in [0, 0.1) is 0 Å². The van der Waals surface area contributed by atoms with Gasteiger partial charge in [-0.1, -0.05) is 23.4 Å². The Labute approximate surface area is 163 Å². The number of allylic oxidation sites excluding steroid dienone is 1. The van der Waals surface area contributed by atoms with Crippen molar-refractivity contribution in [1.82, 2.24) is 20.1 Å². The molecule has 0 radical (unpaired) electrons. The van der Waals surface area contributed by atoms with Crippen LogP contribution in [0.5, 0.6) is 5.88 Å². The van der Waals surface area contributed by atoms with E-state index in [0.717, 1.165) is 28.8 Å². The number of rotatable bonds is 6. The van der Waals surface area contributed by atoms with Gasteiger partial charge >= 0.3 is 6.01 Å². The molecule has 0 bridgehead atoms. The van der Waals surface area contributed by atoms with Crippen LogP contribution in [0.4, 0.5) is 6.01 Å². The zero-order valence-electron chi connectivity index (χ0n) is 16.4. The van der Waals surface area contributed by atoms with E-state index in [0.29, 0.717) is 17.7 Å². The molecule has 1 aliphatic rings. The molecule has 28 heavy (non-hydrogen) atoms. The van der Waals surface area contributed by atoms with Gasteiger partial charge in [-0.05, 0) is 51.3 Å². The Bertz CT molecular complexity index is 1020. The molecule has 0 amide bonds. The lowest BCUT2D eigenvalue weighted by molar-refractivity contribution is 0.231. The van der Waals surface area contributed by atoms with Gasteiger partial charge in [0.15, 0.2) is 0 Å². The predicted molar refractivity (Wildman–Crippen MR) is 107 cm³/mol. The Balaban J connectivity index is 1.65. The maximum Gasteiger partial charge on any atom is 0.321 e. The number of hydrogen-bond acceptors (Lipinski definition) is 7. The highest BCUT2D eigenvalue weighted by molar-refractivity contribution is 5.84. The van der Waals surface area contributed by atoms with Crippen LogP contribution in [-0.4, -0.2) is 32.3 Å². The second kappa shape index (κ2) is 7.42. The number of benzene rings is 1. The van der Waals surface area contributed by atoms with Gasteiger partial charge < -0.3 is 14.6 Å². The molecule has 2 aromatic heterocycles. The molecule has 7 nitrogen and oxygen atoms in total. The molecule has 1 aromatic carbocycles. The minimum absolute atomic E-state index is 0.0490. The summed E-state index contributed by atoms with van der Waals surface area (Å²) in [5.74, 6) is 1.08. The summed E-state index contributed by atoms with van der Waals surface area (Å²) >= 11 is 0. The van der Waals surface area contributed by atoms with Crippen molar-refractivity contribution in [2.24, 2.45) is 0 Å². The first kappa shape index (κ1) is 18.2. The van der Waals surface area contributed by atoms with Crippen LogP contribution < -0.4 is 10.1 Å². The largest absolute Gasteiger partial charge is 0.474 e. The fourth-order valence-electron chi connectivity index (χ4n) is 3.13. The van der Waals surface area contributed by atoms with Crippen molar-refractivity contribution in [3.63, 3.8) is 0 Å². The van der Waals surface area contributed by atoms with Gasteiger partial charge in [0.2, 0.25) is 11.7 Å². The van der Waals surface area contributed by atoms with Crippen molar-refractivity contribution in [3.8, 4) is 17.3 Å². The molecule has 1 N–H and O–H groups in total. The van der Waals surface area contributed by atoms with Crippen LogP contribution in [0.2, 0.25) is 0 Å². The molecule has 0 spiro atoms. The normalized spacial score (nSPS) is 13.0. The number of fused-ring (bicyclic) bond motifs is 1. The minimum atomic E-state index is 0.0490. The van der Waals surface area contributed by atoms with E-state index in [1.807, 2.05) is 33.8 Å². The Kier molecular flexibility index (Phi) is 4.81. The third-order valence-electron chi connectivity index (χ3n) is 4.27. The first-order chi connectivity index (χ1) is 13.5. The second-order valence-corrected chi connectivity index (χ2v) is 7.33. The van der Waals surface area contributed by atoms with E-state index >= 15 is 0 Å². The highest BCUT2D eigenvalue weighted by atomic mass is 16.5. The molecule has 3 aromatic rings. The maximum absolute atomic E-state index is 5.69. The van der Waals surface area contributed by atoms with Gasteiger partial charge in [0.25, 0.3) is 0 Å². The Hall–Kier alpha value is -3.22. The lowest BCUT2D eigenvalue weighted by Gasteiger charge is -2.11. The first-order valence-corrected chi connectivity index (χ1v) is 9.42. The van der Waals surface area contributed by atoms with Crippen molar-refractivity contribution in [1.29, 1.82) is 0 Å². The van der Waals surface area contributed by atoms with Crippen molar-refractivity contribution in [2.45, 2.75) is 46.3 Å². The van der Waals surface area contributed by atoms with Crippen LogP contribution in [0.3, 0.4) is 0 Å². The van der Waals surface area contributed by atoms with E-state index in [-0.39, 0.29) is 12.1 Å². The average Bonchev–Trinajstić information content (AvgIpc) is 3.27. The summed E-state index contributed by atoms with van der Waals surface area (Å²) in [6, 6.07) is 6.84. The van der Waals surface area contributed by atoms with Gasteiger partial charge in [-0.15, -0.1) is 0 Å². The minimum Gasteiger partial charge on any atom is -0.474 e. The van der Waals surface area contributed by atoms with E-state index in [9.17, 15) is 0 Å². The third kappa shape index (κ3) is 3.74. The number of hydrogen-bond donors (Lipinski definition) is 1. The summed E-state index contributed by atoms with van der Waals surface area (Å²) in [6.07, 6.45) is 6.47. The van der Waals surface area contributed by atoms with E-state index in [4.69, 9.17) is 9.26 Å². The van der Waals surface area contributed by atoms with Gasteiger partial charge in [-0.2, -0.15) is 4.98 Å². The Morgan fingerprint density at radius 2 is 1.96 bits per heavy atom. The predicted octanol–water partition coefficient (Wildman–Crippen LogP) is 4.12. The SMILES string of the molecule is CC(C)Nc1nc(-c2ccc3c(c2)C(c2cncc(OC(C)C)n2)=CC3)no1. The molecule has 0 aliphatic heterocycles. The van der Waals surface area contributed by atoms with Crippen LogP contribution in [-0.2, 0) is 6.42 Å². The Morgan fingerprint density at radius 1 is 1.11 bits per heavy atom. The standard InChI is InChI=1S/C21H23N5O2/c1-12(2)23-21-25-20(26-28-21)15-6-5-14-7-8-16(17(14)9-15)18-10-22-11-19(24-18)27-13(3)4/h5-6,8-13H,7H2,1-4H3,(H,23,25,26). The molecular formula is C21H23N5O2. The van der Waals surface area contributed by atoms with Crippen LogP contribution >= 0.6 is 0 Å². The first-order valence-electron chi connectivity index (χ1n) is 9.42. The van der Waals surface area contributed by atoms with E-state index in [1.165, 1.54) is 5.56 Å². The zero-order chi connectivity index (χ0) is 19.7. The average molecular weight is 377 g/mol. The molecule has 0 unspecified atom stereocenters. The number of ether oxygens (including phenoxy) is 1. The van der Waals surface area contributed by atoms with Gasteiger partial charge in [0, 0.05) is 17.2 Å². The van der Waals surface area contributed by atoms with E-state index in [2.05, 4.69) is 43.6 Å². The summed E-state index contributed by atoms with van der Waals surface area (Å²) in [7, 11) is 0. The maximum atomic E-state index is 5.69. The summed E-state index contributed by atoms with van der Waals surface area (Å²) < 4.78 is 11.0. The molecule has 0 fully saturated rings. The molecular weight excluding hydrogens is 354 g/mol. The number of anilines is 1. The highest BCUT2D eigenvalue weighted by Crippen LogP contribution is 2.35. The van der Waals surface area contributed by atoms with Crippen LogP contribution in [0.1, 0.15) is 44.5 Å². The third-order valence-corrected chi connectivity index (χ3v) is 4.27. The van der Waals surface area contributed by atoms with Crippen LogP contribution in [0.15, 0.2) is 41.2 Å². The van der Waals surface area contributed by atoms with Crippen molar-refractivity contribution >= 4 is 11.6 Å². The zero-order valence-corrected chi connectivity index (χ0v) is 16.4. The number of nitrogens with one attached hydrogen (secondary N) is 1. The Morgan fingerprint density at radius 3 is 2.75 bits per heavy atom. The smallest absolute Gasteiger partial charge is 0.321 e. The van der Waals surface area contributed by atoms with Crippen LogP contribution in [0.25, 0.3) is 17.0 Å². The monoisotopic (exact) mass is 377 g/mol. The number of nitrogens with zero attached hydrogens (tertiary/aromatic N) is 4. The molecule has 2 heterocycles. The van der Waals surface area contributed by atoms with Crippen molar-refractivity contribution < 1.29 is 9.26 Å². The highest BCUT2D eigenvalue weighted by Gasteiger charge is 2.20. The van der Waals surface area contributed by atoms with Gasteiger partial charge in [-0.25, -0.2) is 4.98 Å². The lowest BCUT2D eigenvalue weighted by atomic mass is 10.0. The molecule has 1 aliphatic carbocycles. The quantitative estimate of drug-likeness (QED) is 0.691. The number of aromatic nitrogens is 4. The lowest BCUT2D eigenvalue weighted by Crippen LogP contribution is -2.09. The summed E-state index contributed by atoms with van der Waals surface area (Å²) in [4.78, 5) is 13.3. The molecule has 0 saturated heterocycles. The molecule has 144 valence electrons. The van der Waals surface area contributed by atoms with Crippen molar-refractivity contribution in [3.05, 3.63) is 53.5 Å². The fourth-order valence-corrected chi connectivity index (χ4v) is 3.13.